The number of amidine groups is 1. The zero-order valence-corrected chi connectivity index (χ0v) is 11.3. The molecule has 0 bridgehead atoms. The summed E-state index contributed by atoms with van der Waals surface area (Å²) < 4.78 is 1.68. The molecule has 0 aromatic carbocycles. The number of nitrogens with zero attached hydrogens (tertiary/aromatic N) is 3. The van der Waals surface area contributed by atoms with E-state index in [1.54, 1.807) is 4.57 Å². The molecule has 18 heavy (non-hydrogen) atoms. The molecule has 0 unspecified atom stereocenters. The summed E-state index contributed by atoms with van der Waals surface area (Å²) in [6.45, 7) is 7.34. The summed E-state index contributed by atoms with van der Waals surface area (Å²) >= 11 is 0. The van der Waals surface area contributed by atoms with Gasteiger partial charge >= 0.3 is 0 Å². The van der Waals surface area contributed by atoms with Crippen molar-refractivity contribution in [3.8, 4) is 0 Å². The molecule has 0 radical (unpaired) electrons. The number of fused-ring (bicyclic) bond motifs is 1. The molecule has 1 aromatic heterocycles. The van der Waals surface area contributed by atoms with Crippen molar-refractivity contribution < 1.29 is 0 Å². The minimum Gasteiger partial charge on any atom is -0.312 e. The summed E-state index contributed by atoms with van der Waals surface area (Å²) in [5.41, 5.74) is 1.68. The molecule has 1 N–H and O–H groups in total. The van der Waals surface area contributed by atoms with E-state index in [0.717, 1.165) is 42.9 Å². The van der Waals surface area contributed by atoms with Crippen LogP contribution >= 0.6 is 0 Å². The minimum absolute atomic E-state index is 0.0631. The first-order valence-electron chi connectivity index (χ1n) is 6.58. The smallest absolute Gasteiger partial charge is 0.258 e. The lowest BCUT2D eigenvalue weighted by molar-refractivity contribution is 0.780. The second kappa shape index (κ2) is 5.33. The van der Waals surface area contributed by atoms with Crippen LogP contribution in [0.4, 0.5) is 5.95 Å². The molecular weight excluding hydrogens is 228 g/mol. The van der Waals surface area contributed by atoms with Gasteiger partial charge in [-0.15, -0.1) is 0 Å². The summed E-state index contributed by atoms with van der Waals surface area (Å²) in [7, 11) is 0. The summed E-state index contributed by atoms with van der Waals surface area (Å²) in [5, 5.41) is 3.13. The van der Waals surface area contributed by atoms with Crippen molar-refractivity contribution in [1.29, 1.82) is 0 Å². The predicted molar refractivity (Wildman–Crippen MR) is 73.4 cm³/mol. The van der Waals surface area contributed by atoms with Crippen molar-refractivity contribution >= 4 is 11.8 Å². The van der Waals surface area contributed by atoms with Gasteiger partial charge in [0.05, 0.1) is 6.54 Å². The standard InChI is InChI=1S/C13H20N4O/c1-4-6-7-14-11-8-17-12(18)10(5-2)9(3)15-13(17)16-11/h4-8H2,1-3H3,(H,14,15,16). The highest BCUT2D eigenvalue weighted by molar-refractivity contribution is 5.97. The predicted octanol–water partition coefficient (Wildman–Crippen LogP) is 1.74. The largest absolute Gasteiger partial charge is 0.312 e. The van der Waals surface area contributed by atoms with Gasteiger partial charge in [-0.1, -0.05) is 20.3 Å². The van der Waals surface area contributed by atoms with Crippen LogP contribution in [0.5, 0.6) is 0 Å². The van der Waals surface area contributed by atoms with Gasteiger partial charge in [0.15, 0.2) is 0 Å². The van der Waals surface area contributed by atoms with Crippen LogP contribution in [0.15, 0.2) is 9.79 Å². The zero-order valence-electron chi connectivity index (χ0n) is 11.3. The topological polar surface area (TPSA) is 59.3 Å². The molecule has 2 rings (SSSR count). The maximum absolute atomic E-state index is 12.2. The van der Waals surface area contributed by atoms with Gasteiger partial charge < -0.3 is 5.32 Å². The van der Waals surface area contributed by atoms with Crippen molar-refractivity contribution in [1.82, 2.24) is 9.55 Å². The summed E-state index contributed by atoms with van der Waals surface area (Å²) in [4.78, 5) is 21.1. The molecule has 0 spiro atoms. The Bertz CT molecular complexity index is 531. The van der Waals surface area contributed by atoms with Crippen LogP contribution < -0.4 is 10.9 Å². The van der Waals surface area contributed by atoms with Gasteiger partial charge in [-0.05, 0) is 19.8 Å². The SMILES string of the molecule is CCCCN=C1Cn2c(nc(C)c(CC)c2=O)N1. The lowest BCUT2D eigenvalue weighted by Gasteiger charge is -2.05. The molecule has 0 amide bonds. The number of nitrogens with one attached hydrogen (secondary N) is 1. The minimum atomic E-state index is 0.0631. The second-order valence-electron chi connectivity index (χ2n) is 4.55. The number of hydrogen-bond acceptors (Lipinski definition) is 3. The Morgan fingerprint density at radius 3 is 2.89 bits per heavy atom. The maximum atomic E-state index is 12.2. The average Bonchev–Trinajstić information content (AvgIpc) is 2.73. The van der Waals surface area contributed by atoms with Crippen molar-refractivity contribution in [2.45, 2.75) is 46.6 Å². The molecule has 5 heteroatoms. The molecule has 0 atom stereocenters. The van der Waals surface area contributed by atoms with E-state index in [1.807, 2.05) is 13.8 Å². The molecule has 0 saturated carbocycles. The normalized spacial score (nSPS) is 15.8. The number of aliphatic imine (C=N–C) groups is 1. The van der Waals surface area contributed by atoms with Crippen molar-refractivity contribution in [2.75, 3.05) is 11.9 Å². The molecule has 1 aliphatic heterocycles. The van der Waals surface area contributed by atoms with E-state index < -0.39 is 0 Å². The monoisotopic (exact) mass is 248 g/mol. The summed E-state index contributed by atoms with van der Waals surface area (Å²) in [5.74, 6) is 1.48. The molecule has 5 nitrogen and oxygen atoms in total. The van der Waals surface area contributed by atoms with Gasteiger partial charge in [0.1, 0.15) is 5.84 Å². The Hall–Kier alpha value is -1.65. The van der Waals surface area contributed by atoms with Crippen LogP contribution in [0.1, 0.15) is 37.9 Å². The van der Waals surface area contributed by atoms with Gasteiger partial charge in [-0.2, -0.15) is 0 Å². The van der Waals surface area contributed by atoms with Crippen LogP contribution in [-0.4, -0.2) is 21.9 Å². The van der Waals surface area contributed by atoms with E-state index in [1.165, 1.54) is 0 Å². The molecule has 1 aromatic rings. The Kier molecular flexibility index (Phi) is 3.79. The van der Waals surface area contributed by atoms with E-state index in [0.29, 0.717) is 12.5 Å². The quantitative estimate of drug-likeness (QED) is 0.826. The highest BCUT2D eigenvalue weighted by atomic mass is 16.1. The zero-order chi connectivity index (χ0) is 13.1. The highest BCUT2D eigenvalue weighted by Crippen LogP contribution is 2.13. The molecule has 0 saturated heterocycles. The Balaban J connectivity index is 2.28. The van der Waals surface area contributed by atoms with Gasteiger partial charge in [0.25, 0.3) is 5.56 Å². The van der Waals surface area contributed by atoms with Crippen molar-refractivity contribution in [3.63, 3.8) is 0 Å². The second-order valence-corrected chi connectivity index (χ2v) is 4.55. The number of anilines is 1. The number of aromatic nitrogens is 2. The van der Waals surface area contributed by atoms with E-state index in [-0.39, 0.29) is 5.56 Å². The van der Waals surface area contributed by atoms with Crippen LogP contribution in [0, 0.1) is 6.92 Å². The van der Waals surface area contributed by atoms with Gasteiger partial charge in [-0.3, -0.25) is 14.4 Å². The van der Waals surface area contributed by atoms with Crippen LogP contribution in [0.3, 0.4) is 0 Å². The maximum Gasteiger partial charge on any atom is 0.258 e. The Labute approximate surface area is 107 Å². The van der Waals surface area contributed by atoms with Crippen molar-refractivity contribution in [2.24, 2.45) is 4.99 Å². The number of rotatable bonds is 4. The van der Waals surface area contributed by atoms with Gasteiger partial charge in [0, 0.05) is 17.8 Å². The molecule has 98 valence electrons. The average molecular weight is 248 g/mol. The Morgan fingerprint density at radius 2 is 2.22 bits per heavy atom. The first kappa shape index (κ1) is 12.8. The summed E-state index contributed by atoms with van der Waals surface area (Å²) in [6, 6.07) is 0. The van der Waals surface area contributed by atoms with Crippen LogP contribution in [-0.2, 0) is 13.0 Å². The van der Waals surface area contributed by atoms with E-state index in [9.17, 15) is 4.79 Å². The fourth-order valence-corrected chi connectivity index (χ4v) is 2.13. The fraction of sp³-hybridized carbons (Fsp3) is 0.615. The van der Waals surface area contributed by atoms with Crippen molar-refractivity contribution in [3.05, 3.63) is 21.6 Å². The molecule has 0 fully saturated rings. The Morgan fingerprint density at radius 1 is 1.44 bits per heavy atom. The number of unbranched alkanes of at least 4 members (excludes halogenated alkanes) is 1. The van der Waals surface area contributed by atoms with Gasteiger partial charge in [0.2, 0.25) is 5.95 Å². The van der Waals surface area contributed by atoms with Gasteiger partial charge in [-0.25, -0.2) is 4.98 Å². The lowest BCUT2D eigenvalue weighted by atomic mass is 10.2. The number of hydrogen-bond donors (Lipinski definition) is 1. The van der Waals surface area contributed by atoms with Crippen LogP contribution in [0.25, 0.3) is 0 Å². The first-order chi connectivity index (χ1) is 8.67. The fourth-order valence-electron chi connectivity index (χ4n) is 2.13. The summed E-state index contributed by atoms with van der Waals surface area (Å²) in [6.07, 6.45) is 2.92. The lowest BCUT2D eigenvalue weighted by Crippen LogP contribution is -2.24. The van der Waals surface area contributed by atoms with Crippen LogP contribution in [0.2, 0.25) is 0 Å². The number of aryl methyl sites for hydroxylation is 1. The van der Waals surface area contributed by atoms with E-state index in [4.69, 9.17) is 0 Å². The molecular formula is C13H20N4O. The third-order valence-corrected chi connectivity index (χ3v) is 3.20. The third kappa shape index (κ3) is 2.30. The van der Waals surface area contributed by atoms with E-state index >= 15 is 0 Å². The highest BCUT2D eigenvalue weighted by Gasteiger charge is 2.20. The first-order valence-corrected chi connectivity index (χ1v) is 6.58. The third-order valence-electron chi connectivity index (χ3n) is 3.20. The molecule has 1 aliphatic rings. The molecule has 2 heterocycles. The molecule has 0 aliphatic carbocycles. The van der Waals surface area contributed by atoms with E-state index in [2.05, 4.69) is 22.2 Å².